The molecule has 4 N–H and O–H groups in total. The normalized spacial score (nSPS) is 8.57. The van der Waals surface area contributed by atoms with Crippen LogP contribution in [0, 0.1) is 0 Å². The van der Waals surface area contributed by atoms with E-state index in [-0.39, 0.29) is 42.7 Å². The third-order valence-electron chi connectivity index (χ3n) is 0. The molecule has 0 aliphatic carbocycles. The van der Waals surface area contributed by atoms with Crippen LogP contribution in [-0.2, 0) is 22.4 Å². The smallest absolute Gasteiger partial charge is 1.00 e. The summed E-state index contributed by atoms with van der Waals surface area (Å²) in [6.07, 6.45) is 0. The zero-order chi connectivity index (χ0) is 4.50. The van der Waals surface area contributed by atoms with Gasteiger partial charge in [-0.05, 0) is 0 Å². The van der Waals surface area contributed by atoms with Crippen LogP contribution in [0.5, 0.6) is 0 Å². The molecule has 39 valence electrons. The summed E-state index contributed by atoms with van der Waals surface area (Å²) < 4.78 is 0. The molecule has 0 aromatic heterocycles. The first-order valence-electron chi connectivity index (χ1n) is 0.894. The molecular weight excluding hydrogens is 192 g/mol. The van der Waals surface area contributed by atoms with E-state index in [2.05, 4.69) is 0 Å². The van der Waals surface area contributed by atoms with E-state index < -0.39 is 9.05 Å². The molecule has 0 rings (SSSR count). The average molecular weight is 197 g/mol. The molecule has 4 nitrogen and oxygen atoms in total. The second-order valence-electron chi connectivity index (χ2n) is 0.600. The summed E-state index contributed by atoms with van der Waals surface area (Å²) in [6, 6.07) is 0. The maximum atomic E-state index is 7.33. The average Bonchev–Trinajstić information content (AvgIpc) is 0.722. The first-order chi connectivity index (χ1) is 2.00. The van der Waals surface area contributed by atoms with Crippen molar-refractivity contribution >= 4 is 9.05 Å². The SMILES string of the molecule is O[Si](O)(O)O.[H-].[Li+].[Nb]. The van der Waals surface area contributed by atoms with Crippen molar-refractivity contribution in [3.05, 3.63) is 0 Å². The Labute approximate surface area is 70.8 Å². The van der Waals surface area contributed by atoms with E-state index in [1.165, 1.54) is 0 Å². The van der Waals surface area contributed by atoms with Gasteiger partial charge in [-0.3, -0.25) is 0 Å². The minimum atomic E-state index is -4.61. The summed E-state index contributed by atoms with van der Waals surface area (Å²) in [4.78, 5) is 29.3. The molecule has 0 aromatic carbocycles. The minimum Gasteiger partial charge on any atom is -1.00 e. The van der Waals surface area contributed by atoms with Crippen molar-refractivity contribution < 1.29 is 61.9 Å². The van der Waals surface area contributed by atoms with E-state index in [1.807, 2.05) is 0 Å². The van der Waals surface area contributed by atoms with Crippen LogP contribution in [0.4, 0.5) is 0 Å². The Morgan fingerprint density at radius 3 is 1.00 bits per heavy atom. The Hall–Kier alpha value is 1.39. The molecular formula is H5LiNbO4Si. The molecule has 7 heteroatoms. The molecule has 0 spiro atoms. The maximum Gasteiger partial charge on any atom is 1.00 e. The first kappa shape index (κ1) is 15.8. The Bertz CT molecular complexity index is 31.5. The summed E-state index contributed by atoms with van der Waals surface area (Å²) in [5.41, 5.74) is 0. The van der Waals surface area contributed by atoms with Crippen molar-refractivity contribution in [2.75, 3.05) is 0 Å². The zero-order valence-electron chi connectivity index (χ0n) is 4.74. The van der Waals surface area contributed by atoms with Gasteiger partial charge in [-0.1, -0.05) is 0 Å². The standard InChI is InChI=1S/Li.Nb.H4O4Si.H/c;;1-5(2,3)4;/h;;1-4H;/q+1;;;-1. The second kappa shape index (κ2) is 5.53. The van der Waals surface area contributed by atoms with Gasteiger partial charge in [-0.25, -0.2) is 0 Å². The van der Waals surface area contributed by atoms with Gasteiger partial charge < -0.3 is 20.6 Å². The predicted octanol–water partition coefficient (Wildman–Crippen LogP) is -5.49. The molecule has 0 aromatic rings. The van der Waals surface area contributed by atoms with Crippen molar-refractivity contribution in [1.29, 1.82) is 0 Å². The van der Waals surface area contributed by atoms with Crippen LogP contribution in [0.1, 0.15) is 1.43 Å². The molecule has 0 bridgehead atoms. The largest absolute Gasteiger partial charge is 1.00 e. The Kier molecular flexibility index (Phi) is 12.5. The van der Waals surface area contributed by atoms with E-state index in [4.69, 9.17) is 19.2 Å². The summed E-state index contributed by atoms with van der Waals surface area (Å²) >= 11 is 0. The minimum absolute atomic E-state index is 0. The molecule has 0 aliphatic heterocycles. The van der Waals surface area contributed by atoms with E-state index in [9.17, 15) is 0 Å². The summed E-state index contributed by atoms with van der Waals surface area (Å²) in [5, 5.41) is 0. The van der Waals surface area contributed by atoms with E-state index in [0.29, 0.717) is 0 Å². The molecule has 0 heterocycles. The predicted molar refractivity (Wildman–Crippen MR) is 15.7 cm³/mol. The van der Waals surface area contributed by atoms with Gasteiger partial charge in [0, 0.05) is 22.4 Å². The molecule has 0 saturated carbocycles. The van der Waals surface area contributed by atoms with Crippen LogP contribution in [0.3, 0.4) is 0 Å². The number of hydrogen-bond acceptors (Lipinski definition) is 4. The number of rotatable bonds is 0. The Balaban J connectivity index is -0.0000000267. The summed E-state index contributed by atoms with van der Waals surface area (Å²) in [5.74, 6) is 0. The summed E-state index contributed by atoms with van der Waals surface area (Å²) in [6.45, 7) is 0. The first-order valence-corrected chi connectivity index (χ1v) is 2.68. The van der Waals surface area contributed by atoms with Crippen LogP contribution in [0.25, 0.3) is 0 Å². The zero-order valence-corrected chi connectivity index (χ0v) is 6.93. The fourth-order valence-corrected chi connectivity index (χ4v) is 0. The van der Waals surface area contributed by atoms with Crippen molar-refractivity contribution in [2.24, 2.45) is 0 Å². The van der Waals surface area contributed by atoms with E-state index >= 15 is 0 Å². The van der Waals surface area contributed by atoms with Gasteiger partial charge in [0.05, 0.1) is 0 Å². The number of hydrogen-bond donors (Lipinski definition) is 4. The monoisotopic (exact) mass is 197 g/mol. The van der Waals surface area contributed by atoms with Crippen LogP contribution in [0.15, 0.2) is 0 Å². The molecule has 0 atom stereocenters. The van der Waals surface area contributed by atoms with Gasteiger partial charge in [0.25, 0.3) is 0 Å². The summed E-state index contributed by atoms with van der Waals surface area (Å²) in [7, 11) is -4.61. The molecule has 0 amide bonds. The van der Waals surface area contributed by atoms with Crippen LogP contribution in [0.2, 0.25) is 0 Å². The topological polar surface area (TPSA) is 80.9 Å². The third-order valence-corrected chi connectivity index (χ3v) is 0. The van der Waals surface area contributed by atoms with Crippen LogP contribution >= 0.6 is 0 Å². The molecule has 0 saturated heterocycles. The van der Waals surface area contributed by atoms with Gasteiger partial charge in [0.2, 0.25) is 0 Å². The Morgan fingerprint density at radius 1 is 1.00 bits per heavy atom. The van der Waals surface area contributed by atoms with E-state index in [0.717, 1.165) is 0 Å². The van der Waals surface area contributed by atoms with Crippen LogP contribution < -0.4 is 18.9 Å². The van der Waals surface area contributed by atoms with Gasteiger partial charge in [0.15, 0.2) is 0 Å². The molecule has 0 unspecified atom stereocenters. The van der Waals surface area contributed by atoms with Gasteiger partial charge in [0.1, 0.15) is 0 Å². The van der Waals surface area contributed by atoms with Crippen molar-refractivity contribution in [1.82, 2.24) is 0 Å². The van der Waals surface area contributed by atoms with Gasteiger partial charge in [-0.15, -0.1) is 0 Å². The quantitative estimate of drug-likeness (QED) is 0.292. The van der Waals surface area contributed by atoms with Gasteiger partial charge >= 0.3 is 27.9 Å². The fourth-order valence-electron chi connectivity index (χ4n) is 0. The van der Waals surface area contributed by atoms with Crippen molar-refractivity contribution in [3.63, 3.8) is 0 Å². The van der Waals surface area contributed by atoms with Crippen LogP contribution in [-0.4, -0.2) is 28.2 Å². The van der Waals surface area contributed by atoms with Crippen molar-refractivity contribution in [2.45, 2.75) is 0 Å². The second-order valence-corrected chi connectivity index (χ2v) is 1.80. The maximum absolute atomic E-state index is 7.33. The molecule has 1 radical (unpaired) electrons. The third kappa shape index (κ3) is 111. The van der Waals surface area contributed by atoms with Gasteiger partial charge in [-0.2, -0.15) is 0 Å². The fraction of sp³-hybridized carbons (Fsp3) is 0. The molecule has 0 fully saturated rings. The van der Waals surface area contributed by atoms with E-state index in [1.54, 1.807) is 0 Å². The molecule has 0 aliphatic rings. The Morgan fingerprint density at radius 2 is 1.00 bits per heavy atom. The van der Waals surface area contributed by atoms with Crippen molar-refractivity contribution in [3.8, 4) is 0 Å². The molecule has 7 heavy (non-hydrogen) atoms.